The molecule has 0 saturated carbocycles. The van der Waals surface area contributed by atoms with Crippen LogP contribution >= 0.6 is 0 Å². The van der Waals surface area contributed by atoms with Crippen LogP contribution in [0.3, 0.4) is 0 Å². The van der Waals surface area contributed by atoms with Gasteiger partial charge in [-0.1, -0.05) is 43.3 Å². The van der Waals surface area contributed by atoms with Crippen LogP contribution < -0.4 is 4.90 Å². The summed E-state index contributed by atoms with van der Waals surface area (Å²) in [7, 11) is 4.23. The SMILES string of the molecule is CC(CN(C)C)CN1c2ccccc2CC(O)c2ccccc21. The van der Waals surface area contributed by atoms with Gasteiger partial charge in [-0.05, 0) is 37.7 Å². The van der Waals surface area contributed by atoms with Gasteiger partial charge in [0.25, 0.3) is 0 Å². The van der Waals surface area contributed by atoms with Crippen molar-refractivity contribution in [3.8, 4) is 0 Å². The second-order valence-electron chi connectivity index (χ2n) is 6.89. The molecule has 0 fully saturated rings. The van der Waals surface area contributed by atoms with Crippen LogP contribution in [-0.2, 0) is 6.42 Å². The van der Waals surface area contributed by atoms with Crippen LogP contribution in [0.4, 0.5) is 11.4 Å². The minimum atomic E-state index is -0.443. The molecule has 2 aromatic rings. The molecule has 1 aliphatic heterocycles. The zero-order valence-electron chi connectivity index (χ0n) is 14.2. The molecular formula is C20H26N2O. The summed E-state index contributed by atoms with van der Waals surface area (Å²) in [5, 5.41) is 10.7. The third kappa shape index (κ3) is 3.41. The zero-order chi connectivity index (χ0) is 16.4. The number of aliphatic hydroxyl groups is 1. The van der Waals surface area contributed by atoms with Crippen LogP contribution in [0.1, 0.15) is 24.2 Å². The molecule has 2 unspecified atom stereocenters. The van der Waals surface area contributed by atoms with Crippen LogP contribution in [0.5, 0.6) is 0 Å². The minimum Gasteiger partial charge on any atom is -0.388 e. The van der Waals surface area contributed by atoms with Crippen molar-refractivity contribution in [3.05, 3.63) is 59.7 Å². The molecule has 0 bridgehead atoms. The highest BCUT2D eigenvalue weighted by molar-refractivity contribution is 5.71. The van der Waals surface area contributed by atoms with Gasteiger partial charge in [0.05, 0.1) is 6.10 Å². The quantitative estimate of drug-likeness (QED) is 0.934. The third-order valence-corrected chi connectivity index (χ3v) is 4.45. The van der Waals surface area contributed by atoms with Gasteiger partial charge in [-0.2, -0.15) is 0 Å². The van der Waals surface area contributed by atoms with Gasteiger partial charge in [-0.25, -0.2) is 0 Å². The van der Waals surface area contributed by atoms with Gasteiger partial charge < -0.3 is 14.9 Å². The maximum absolute atomic E-state index is 10.7. The maximum Gasteiger partial charge on any atom is 0.0851 e. The molecule has 3 nitrogen and oxygen atoms in total. The molecule has 1 N–H and O–H groups in total. The van der Waals surface area contributed by atoms with Crippen LogP contribution in [-0.4, -0.2) is 37.2 Å². The number of nitrogens with zero attached hydrogens (tertiary/aromatic N) is 2. The van der Waals surface area contributed by atoms with Gasteiger partial charge in [0, 0.05) is 36.4 Å². The van der Waals surface area contributed by atoms with Gasteiger partial charge >= 0.3 is 0 Å². The Balaban J connectivity index is 2.03. The summed E-state index contributed by atoms with van der Waals surface area (Å²) in [6.45, 7) is 4.27. The summed E-state index contributed by atoms with van der Waals surface area (Å²) in [5.41, 5.74) is 4.60. The van der Waals surface area contributed by atoms with E-state index in [1.165, 1.54) is 11.3 Å². The Labute approximate surface area is 139 Å². The molecule has 2 atom stereocenters. The Morgan fingerprint density at radius 1 is 1.09 bits per heavy atom. The van der Waals surface area contributed by atoms with E-state index >= 15 is 0 Å². The monoisotopic (exact) mass is 310 g/mol. The molecule has 23 heavy (non-hydrogen) atoms. The Bertz CT molecular complexity index is 668. The Hall–Kier alpha value is -1.84. The lowest BCUT2D eigenvalue weighted by atomic mass is 10.0. The molecule has 0 saturated heterocycles. The van der Waals surface area contributed by atoms with Gasteiger partial charge in [0.15, 0.2) is 0 Å². The van der Waals surface area contributed by atoms with Crippen molar-refractivity contribution in [3.63, 3.8) is 0 Å². The third-order valence-electron chi connectivity index (χ3n) is 4.45. The number of benzene rings is 2. The van der Waals surface area contributed by atoms with Gasteiger partial charge in [-0.15, -0.1) is 0 Å². The summed E-state index contributed by atoms with van der Waals surface area (Å²) in [5.74, 6) is 0.529. The topological polar surface area (TPSA) is 26.7 Å². The van der Waals surface area contributed by atoms with Crippen molar-refractivity contribution < 1.29 is 5.11 Å². The van der Waals surface area contributed by atoms with Gasteiger partial charge in [-0.3, -0.25) is 0 Å². The first-order valence-electron chi connectivity index (χ1n) is 8.33. The van der Waals surface area contributed by atoms with Crippen molar-refractivity contribution in [2.24, 2.45) is 5.92 Å². The largest absolute Gasteiger partial charge is 0.388 e. The average molecular weight is 310 g/mol. The standard InChI is InChI=1S/C20H26N2O/c1-15(13-21(2)3)14-22-18-10-6-4-8-16(18)12-20(23)17-9-5-7-11-19(17)22/h4-11,15,20,23H,12-14H2,1-3H3. The average Bonchev–Trinajstić information content (AvgIpc) is 2.63. The molecule has 0 radical (unpaired) electrons. The lowest BCUT2D eigenvalue weighted by Gasteiger charge is -2.30. The molecular weight excluding hydrogens is 284 g/mol. The molecule has 3 rings (SSSR count). The van der Waals surface area contributed by atoms with E-state index in [0.717, 1.165) is 24.3 Å². The second-order valence-corrected chi connectivity index (χ2v) is 6.89. The number of fused-ring (bicyclic) bond motifs is 2. The van der Waals surface area contributed by atoms with Crippen LogP contribution in [0.15, 0.2) is 48.5 Å². The van der Waals surface area contributed by atoms with Gasteiger partial charge in [0.2, 0.25) is 0 Å². The molecule has 3 heteroatoms. The highest BCUT2D eigenvalue weighted by atomic mass is 16.3. The lowest BCUT2D eigenvalue weighted by Crippen LogP contribution is -2.30. The summed E-state index contributed by atoms with van der Waals surface area (Å²) in [4.78, 5) is 4.62. The number of hydrogen-bond acceptors (Lipinski definition) is 3. The van der Waals surface area contributed by atoms with Crippen molar-refractivity contribution in [1.29, 1.82) is 0 Å². The predicted octanol–water partition coefficient (Wildman–Crippen LogP) is 3.61. The first-order valence-corrected chi connectivity index (χ1v) is 8.33. The van der Waals surface area contributed by atoms with Crippen molar-refractivity contribution in [2.45, 2.75) is 19.4 Å². The highest BCUT2D eigenvalue weighted by Crippen LogP contribution is 2.40. The fourth-order valence-electron chi connectivity index (χ4n) is 3.60. The molecule has 0 spiro atoms. The van der Waals surface area contributed by atoms with Crippen LogP contribution in [0.2, 0.25) is 0 Å². The molecule has 122 valence electrons. The van der Waals surface area contributed by atoms with E-state index in [1.807, 2.05) is 6.07 Å². The van der Waals surface area contributed by atoms with Crippen molar-refractivity contribution >= 4 is 11.4 Å². The Morgan fingerprint density at radius 2 is 1.74 bits per heavy atom. The van der Waals surface area contributed by atoms with E-state index in [1.54, 1.807) is 0 Å². The Kier molecular flexibility index (Phi) is 4.69. The number of para-hydroxylation sites is 2. The number of anilines is 2. The van der Waals surface area contributed by atoms with E-state index in [0.29, 0.717) is 12.3 Å². The lowest BCUT2D eigenvalue weighted by molar-refractivity contribution is 0.180. The smallest absolute Gasteiger partial charge is 0.0851 e. The molecule has 0 aromatic heterocycles. The Morgan fingerprint density at radius 3 is 2.48 bits per heavy atom. The van der Waals surface area contributed by atoms with E-state index < -0.39 is 6.10 Å². The molecule has 0 aliphatic carbocycles. The van der Waals surface area contributed by atoms with E-state index in [2.05, 4.69) is 73.3 Å². The van der Waals surface area contributed by atoms with Gasteiger partial charge in [0.1, 0.15) is 0 Å². The summed E-state index contributed by atoms with van der Waals surface area (Å²) in [6.07, 6.45) is 0.229. The van der Waals surface area contributed by atoms with E-state index in [4.69, 9.17) is 0 Å². The zero-order valence-corrected chi connectivity index (χ0v) is 14.2. The second kappa shape index (κ2) is 6.73. The fraction of sp³-hybridized carbons (Fsp3) is 0.400. The first kappa shape index (κ1) is 16.0. The minimum absolute atomic E-state index is 0.443. The van der Waals surface area contributed by atoms with Crippen LogP contribution in [0, 0.1) is 5.92 Å². The normalized spacial score (nSPS) is 18.3. The fourth-order valence-corrected chi connectivity index (χ4v) is 3.60. The molecule has 2 aromatic carbocycles. The van der Waals surface area contributed by atoms with Crippen molar-refractivity contribution in [2.75, 3.05) is 32.1 Å². The summed E-state index contributed by atoms with van der Waals surface area (Å²) >= 11 is 0. The molecule has 0 amide bonds. The van der Waals surface area contributed by atoms with Crippen molar-refractivity contribution in [1.82, 2.24) is 4.90 Å². The van der Waals surface area contributed by atoms with Crippen LogP contribution in [0.25, 0.3) is 0 Å². The predicted molar refractivity (Wildman–Crippen MR) is 96.3 cm³/mol. The maximum atomic E-state index is 10.7. The number of rotatable bonds is 4. The number of aliphatic hydroxyl groups excluding tert-OH is 1. The van der Waals surface area contributed by atoms with E-state index in [9.17, 15) is 5.11 Å². The first-order chi connectivity index (χ1) is 11.1. The highest BCUT2D eigenvalue weighted by Gasteiger charge is 2.26. The summed E-state index contributed by atoms with van der Waals surface area (Å²) in [6, 6.07) is 16.7. The number of hydrogen-bond donors (Lipinski definition) is 1. The summed E-state index contributed by atoms with van der Waals surface area (Å²) < 4.78 is 0. The molecule has 1 aliphatic rings. The molecule has 1 heterocycles. The van der Waals surface area contributed by atoms with E-state index in [-0.39, 0.29) is 0 Å².